The van der Waals surface area contributed by atoms with E-state index in [1.165, 1.54) is 5.69 Å². The van der Waals surface area contributed by atoms with Crippen molar-refractivity contribution in [3.05, 3.63) is 24.3 Å². The third-order valence-corrected chi connectivity index (χ3v) is 2.36. The quantitative estimate of drug-likeness (QED) is 0.590. The van der Waals surface area contributed by atoms with Gasteiger partial charge in [-0.3, -0.25) is 0 Å². The lowest BCUT2D eigenvalue weighted by Gasteiger charge is -2.22. The molecule has 0 aliphatic rings. The second kappa shape index (κ2) is 5.92. The summed E-state index contributed by atoms with van der Waals surface area (Å²) in [4.78, 5) is 2.25. The maximum atomic E-state index is 8.47. The lowest BCUT2D eigenvalue weighted by atomic mass is 10.2. The van der Waals surface area contributed by atoms with E-state index in [0.29, 0.717) is 6.42 Å². The van der Waals surface area contributed by atoms with E-state index in [0.717, 1.165) is 25.2 Å². The van der Waals surface area contributed by atoms with Crippen molar-refractivity contribution in [3.8, 4) is 6.07 Å². The number of nitrogen functional groups attached to an aromatic ring is 1. The molecule has 0 amide bonds. The van der Waals surface area contributed by atoms with Gasteiger partial charge < -0.3 is 10.6 Å². The summed E-state index contributed by atoms with van der Waals surface area (Å²) in [5, 5.41) is 8.47. The number of unbranched alkanes of at least 4 members (excludes halogenated alkanes) is 1. The normalized spacial score (nSPS) is 9.60. The van der Waals surface area contributed by atoms with Crippen LogP contribution in [-0.2, 0) is 0 Å². The SMILES string of the molecule is CCN(CCCC#N)c1ccc(N)cc1. The summed E-state index contributed by atoms with van der Waals surface area (Å²) >= 11 is 0. The molecular formula is C12H17N3. The van der Waals surface area contributed by atoms with Crippen LogP contribution in [0.15, 0.2) is 24.3 Å². The largest absolute Gasteiger partial charge is 0.399 e. The van der Waals surface area contributed by atoms with Crippen molar-refractivity contribution in [1.29, 1.82) is 5.26 Å². The van der Waals surface area contributed by atoms with E-state index in [2.05, 4.69) is 17.9 Å². The smallest absolute Gasteiger partial charge is 0.0622 e. The number of anilines is 2. The number of nitrogens with two attached hydrogens (primary N) is 1. The molecule has 0 unspecified atom stereocenters. The zero-order chi connectivity index (χ0) is 11.1. The van der Waals surface area contributed by atoms with Gasteiger partial charge in [0.2, 0.25) is 0 Å². The van der Waals surface area contributed by atoms with Gasteiger partial charge >= 0.3 is 0 Å². The zero-order valence-corrected chi connectivity index (χ0v) is 9.11. The van der Waals surface area contributed by atoms with Gasteiger partial charge in [0.15, 0.2) is 0 Å². The first-order valence-electron chi connectivity index (χ1n) is 5.25. The first-order chi connectivity index (χ1) is 7.27. The number of rotatable bonds is 5. The number of hydrogen-bond acceptors (Lipinski definition) is 3. The van der Waals surface area contributed by atoms with Crippen molar-refractivity contribution < 1.29 is 0 Å². The Morgan fingerprint density at radius 2 is 2.00 bits per heavy atom. The first-order valence-corrected chi connectivity index (χ1v) is 5.25. The van der Waals surface area contributed by atoms with Crippen molar-refractivity contribution in [3.63, 3.8) is 0 Å². The second-order valence-corrected chi connectivity index (χ2v) is 3.43. The maximum absolute atomic E-state index is 8.47. The molecule has 3 nitrogen and oxygen atoms in total. The van der Waals surface area contributed by atoms with Gasteiger partial charge in [-0.25, -0.2) is 0 Å². The molecule has 0 saturated carbocycles. The Kier molecular flexibility index (Phi) is 4.49. The van der Waals surface area contributed by atoms with Gasteiger partial charge in [-0.1, -0.05) is 0 Å². The predicted octanol–water partition coefficient (Wildman–Crippen LogP) is 2.40. The monoisotopic (exact) mass is 203 g/mol. The minimum absolute atomic E-state index is 0.617. The average molecular weight is 203 g/mol. The fourth-order valence-electron chi connectivity index (χ4n) is 1.50. The van der Waals surface area contributed by atoms with Crippen LogP contribution in [0.25, 0.3) is 0 Å². The molecule has 0 aliphatic heterocycles. The topological polar surface area (TPSA) is 53.0 Å². The summed E-state index contributed by atoms with van der Waals surface area (Å²) in [7, 11) is 0. The standard InChI is InChI=1S/C12H17N3/c1-2-15(10-4-3-9-13)12-7-5-11(14)6-8-12/h5-8H,2-4,10,14H2,1H3. The van der Waals surface area contributed by atoms with E-state index < -0.39 is 0 Å². The van der Waals surface area contributed by atoms with E-state index >= 15 is 0 Å². The van der Waals surface area contributed by atoms with E-state index in [9.17, 15) is 0 Å². The molecule has 0 aromatic heterocycles. The molecule has 0 radical (unpaired) electrons. The Hall–Kier alpha value is -1.69. The fourth-order valence-corrected chi connectivity index (χ4v) is 1.50. The Labute approximate surface area is 91.1 Å². The van der Waals surface area contributed by atoms with Crippen LogP contribution >= 0.6 is 0 Å². The van der Waals surface area contributed by atoms with Crippen molar-refractivity contribution in [2.75, 3.05) is 23.7 Å². The molecule has 3 heteroatoms. The molecule has 0 saturated heterocycles. The number of hydrogen-bond donors (Lipinski definition) is 1. The molecule has 1 aromatic carbocycles. The Morgan fingerprint density at radius 1 is 1.33 bits per heavy atom. The fraction of sp³-hybridized carbons (Fsp3) is 0.417. The Balaban J connectivity index is 2.58. The molecule has 15 heavy (non-hydrogen) atoms. The van der Waals surface area contributed by atoms with Crippen LogP contribution in [0, 0.1) is 11.3 Å². The molecule has 0 bridgehead atoms. The molecule has 0 spiro atoms. The molecule has 0 fully saturated rings. The summed E-state index contributed by atoms with van der Waals surface area (Å²) in [5.41, 5.74) is 7.58. The minimum atomic E-state index is 0.617. The van der Waals surface area contributed by atoms with Crippen LogP contribution in [0.1, 0.15) is 19.8 Å². The Bertz CT molecular complexity index is 324. The number of benzene rings is 1. The van der Waals surface area contributed by atoms with Crippen LogP contribution in [0.3, 0.4) is 0 Å². The van der Waals surface area contributed by atoms with Gasteiger partial charge in [-0.15, -0.1) is 0 Å². The van der Waals surface area contributed by atoms with Gasteiger partial charge in [0, 0.05) is 30.9 Å². The summed E-state index contributed by atoms with van der Waals surface area (Å²) in [6.45, 7) is 3.99. The van der Waals surface area contributed by atoms with Crippen molar-refractivity contribution in [1.82, 2.24) is 0 Å². The van der Waals surface area contributed by atoms with E-state index in [1.54, 1.807) is 0 Å². The predicted molar refractivity (Wildman–Crippen MR) is 63.6 cm³/mol. The highest BCUT2D eigenvalue weighted by Crippen LogP contribution is 2.16. The van der Waals surface area contributed by atoms with Gasteiger partial charge in [-0.2, -0.15) is 5.26 Å². The van der Waals surface area contributed by atoms with Crippen molar-refractivity contribution in [2.24, 2.45) is 0 Å². The first kappa shape index (κ1) is 11.4. The van der Waals surface area contributed by atoms with Crippen molar-refractivity contribution >= 4 is 11.4 Å². The molecule has 1 aromatic rings. The van der Waals surface area contributed by atoms with Gasteiger partial charge in [0.1, 0.15) is 0 Å². The van der Waals surface area contributed by atoms with Gasteiger partial charge in [0.25, 0.3) is 0 Å². The molecule has 0 heterocycles. The summed E-state index contributed by atoms with van der Waals surface area (Å²) in [5.74, 6) is 0. The van der Waals surface area contributed by atoms with E-state index in [4.69, 9.17) is 11.0 Å². The number of nitriles is 1. The van der Waals surface area contributed by atoms with Crippen LogP contribution in [0.2, 0.25) is 0 Å². The summed E-state index contributed by atoms with van der Waals surface area (Å²) < 4.78 is 0. The van der Waals surface area contributed by atoms with E-state index in [1.807, 2.05) is 24.3 Å². The van der Waals surface area contributed by atoms with Crippen LogP contribution in [-0.4, -0.2) is 13.1 Å². The van der Waals surface area contributed by atoms with E-state index in [-0.39, 0.29) is 0 Å². The van der Waals surface area contributed by atoms with Crippen molar-refractivity contribution in [2.45, 2.75) is 19.8 Å². The lowest BCUT2D eigenvalue weighted by molar-refractivity contribution is 0.761. The second-order valence-electron chi connectivity index (χ2n) is 3.43. The summed E-state index contributed by atoms with van der Waals surface area (Å²) in [6.07, 6.45) is 1.53. The molecule has 80 valence electrons. The maximum Gasteiger partial charge on any atom is 0.0622 e. The van der Waals surface area contributed by atoms with Gasteiger partial charge in [-0.05, 0) is 37.6 Å². The molecule has 2 N–H and O–H groups in total. The molecule has 1 rings (SSSR count). The molecule has 0 aliphatic carbocycles. The highest BCUT2D eigenvalue weighted by Gasteiger charge is 2.02. The summed E-state index contributed by atoms with van der Waals surface area (Å²) in [6, 6.07) is 10.0. The molecular weight excluding hydrogens is 186 g/mol. The van der Waals surface area contributed by atoms with Crippen LogP contribution in [0.4, 0.5) is 11.4 Å². The zero-order valence-electron chi connectivity index (χ0n) is 9.11. The highest BCUT2D eigenvalue weighted by atomic mass is 15.1. The minimum Gasteiger partial charge on any atom is -0.399 e. The molecule has 0 atom stereocenters. The van der Waals surface area contributed by atoms with Crippen LogP contribution in [0.5, 0.6) is 0 Å². The third kappa shape index (κ3) is 3.51. The average Bonchev–Trinajstić information content (AvgIpc) is 2.26. The van der Waals surface area contributed by atoms with Crippen LogP contribution < -0.4 is 10.6 Å². The Morgan fingerprint density at radius 3 is 2.53 bits per heavy atom. The third-order valence-electron chi connectivity index (χ3n) is 2.36. The lowest BCUT2D eigenvalue weighted by Crippen LogP contribution is -2.23. The van der Waals surface area contributed by atoms with Gasteiger partial charge in [0.05, 0.1) is 6.07 Å². The number of nitrogens with zero attached hydrogens (tertiary/aromatic N) is 2. The highest BCUT2D eigenvalue weighted by molar-refractivity contribution is 5.52.